The number of carboxylic acids is 1. The SMILES string of the molecule is CC1(C)CC[C@@]2(C(=O)O)C(C1)C1=CC[C@@H]3[C@@]4(C)CC[C@H](O[C@@H]5OC[C@H](O)[C@H](O[C@@H]6O[C@H](CO)[C@@H](O)[C@H](O)[C@H]6O)[C@H]5O)C(C)(C)C4CC[C@@]3(C)[C@]1(C)C[C@H]2O. The second-order valence-electron chi connectivity index (χ2n) is 20.3. The van der Waals surface area contributed by atoms with Crippen LogP contribution in [0.4, 0.5) is 0 Å². The molecule has 2 aliphatic heterocycles. The van der Waals surface area contributed by atoms with Crippen molar-refractivity contribution in [3.8, 4) is 0 Å². The van der Waals surface area contributed by atoms with Crippen LogP contribution in [0.5, 0.6) is 0 Å². The van der Waals surface area contributed by atoms with Crippen LogP contribution in [0.1, 0.15) is 106 Å². The van der Waals surface area contributed by atoms with Gasteiger partial charge in [0.05, 0.1) is 25.4 Å². The molecular weight excluding hydrogens is 700 g/mol. The lowest BCUT2D eigenvalue weighted by Crippen LogP contribution is -2.68. The minimum atomic E-state index is -1.70. The number of aliphatic hydroxyl groups is 7. The van der Waals surface area contributed by atoms with Crippen molar-refractivity contribution in [3.05, 3.63) is 11.6 Å². The van der Waals surface area contributed by atoms with E-state index in [1.54, 1.807) is 0 Å². The van der Waals surface area contributed by atoms with Crippen molar-refractivity contribution < 1.29 is 64.6 Å². The molecule has 0 radical (unpaired) electrons. The van der Waals surface area contributed by atoms with Gasteiger partial charge in [-0.1, -0.05) is 60.1 Å². The molecular formula is C41H66O13. The van der Waals surface area contributed by atoms with Crippen LogP contribution in [-0.2, 0) is 23.7 Å². The Morgan fingerprint density at radius 2 is 1.52 bits per heavy atom. The Morgan fingerprint density at radius 1 is 0.815 bits per heavy atom. The summed E-state index contributed by atoms with van der Waals surface area (Å²) in [7, 11) is 0. The third-order valence-electron chi connectivity index (χ3n) is 16.9. The highest BCUT2D eigenvalue weighted by Gasteiger charge is 2.71. The molecule has 5 aliphatic carbocycles. The fourth-order valence-corrected chi connectivity index (χ4v) is 13.5. The molecule has 8 N–H and O–H groups in total. The number of carbonyl (C=O) groups is 1. The van der Waals surface area contributed by atoms with Gasteiger partial charge >= 0.3 is 5.97 Å². The Labute approximate surface area is 319 Å². The number of aliphatic carboxylic acids is 1. The first-order chi connectivity index (χ1) is 25.1. The number of fused-ring (bicyclic) bond motifs is 7. The minimum absolute atomic E-state index is 0.00791. The standard InChI is InChI=1S/C41H66O13/c1-36(2)14-15-41(35(49)50)21(16-36)20-8-9-25-38(5)12-11-27(37(3,4)24(38)10-13-39(25,6)40(20,7)17-26(41)44)53-33-31(48)32(22(43)19-51-33)54-34-30(47)29(46)28(45)23(18-42)52-34/h8,21-34,42-48H,9-19H2,1-7H3,(H,49,50)/t21?,22-,23+,24?,25+,26+,27-,28+,29-,30+,31+,32-,33-,34-,38-,39+,40+,41+/m0/s1. The molecule has 2 unspecified atom stereocenters. The average Bonchev–Trinajstić information content (AvgIpc) is 3.08. The molecule has 0 aromatic heterocycles. The van der Waals surface area contributed by atoms with E-state index >= 15 is 0 Å². The van der Waals surface area contributed by atoms with Gasteiger partial charge in [-0.25, -0.2) is 0 Å². The molecule has 0 bridgehead atoms. The molecule has 7 aliphatic rings. The summed E-state index contributed by atoms with van der Waals surface area (Å²) in [4.78, 5) is 13.1. The lowest BCUT2D eigenvalue weighted by molar-refractivity contribution is -0.357. The van der Waals surface area contributed by atoms with Gasteiger partial charge in [-0.3, -0.25) is 4.79 Å². The van der Waals surface area contributed by atoms with Crippen molar-refractivity contribution in [2.75, 3.05) is 13.2 Å². The Kier molecular flexibility index (Phi) is 10.4. The number of rotatable bonds is 6. The van der Waals surface area contributed by atoms with E-state index in [9.17, 15) is 45.6 Å². The smallest absolute Gasteiger partial charge is 0.312 e. The maximum absolute atomic E-state index is 13.1. The summed E-state index contributed by atoms with van der Waals surface area (Å²) in [6.45, 7) is 15.2. The van der Waals surface area contributed by atoms with E-state index in [4.69, 9.17) is 18.9 Å². The molecule has 13 heteroatoms. The van der Waals surface area contributed by atoms with Gasteiger partial charge in [-0.2, -0.15) is 0 Å². The van der Waals surface area contributed by atoms with Gasteiger partial charge in [0.15, 0.2) is 12.6 Å². The van der Waals surface area contributed by atoms with E-state index in [-0.39, 0.29) is 51.6 Å². The van der Waals surface area contributed by atoms with Gasteiger partial charge < -0.3 is 59.8 Å². The maximum Gasteiger partial charge on any atom is 0.312 e. The largest absolute Gasteiger partial charge is 0.481 e. The molecule has 54 heavy (non-hydrogen) atoms. The van der Waals surface area contributed by atoms with Gasteiger partial charge in [0.1, 0.15) is 48.1 Å². The monoisotopic (exact) mass is 766 g/mol. The van der Waals surface area contributed by atoms with Crippen molar-refractivity contribution in [1.82, 2.24) is 0 Å². The van der Waals surface area contributed by atoms with Gasteiger partial charge in [-0.15, -0.1) is 0 Å². The van der Waals surface area contributed by atoms with Crippen LogP contribution >= 0.6 is 0 Å². The third-order valence-corrected chi connectivity index (χ3v) is 16.9. The van der Waals surface area contributed by atoms with Crippen LogP contribution in [0, 0.1) is 50.2 Å². The topological polar surface area (TPSA) is 216 Å². The highest BCUT2D eigenvalue weighted by atomic mass is 16.7. The van der Waals surface area contributed by atoms with Crippen LogP contribution < -0.4 is 0 Å². The molecule has 6 fully saturated rings. The summed E-state index contributed by atoms with van der Waals surface area (Å²) in [5.41, 5.74) is -0.858. The predicted octanol–water partition coefficient (Wildman–Crippen LogP) is 2.49. The summed E-state index contributed by atoms with van der Waals surface area (Å²) >= 11 is 0. The first-order valence-electron chi connectivity index (χ1n) is 20.3. The zero-order valence-electron chi connectivity index (χ0n) is 33.1. The van der Waals surface area contributed by atoms with E-state index < -0.39 is 79.4 Å². The Bertz CT molecular complexity index is 1470. The maximum atomic E-state index is 13.1. The molecule has 308 valence electrons. The third kappa shape index (κ3) is 5.84. The number of aliphatic hydroxyl groups excluding tert-OH is 7. The minimum Gasteiger partial charge on any atom is -0.481 e. The molecule has 0 aromatic carbocycles. The fourth-order valence-electron chi connectivity index (χ4n) is 13.5. The Hall–Kier alpha value is -1.23. The summed E-state index contributed by atoms with van der Waals surface area (Å²) in [6, 6.07) is 0. The number of allylic oxidation sites excluding steroid dienone is 2. The van der Waals surface area contributed by atoms with Crippen molar-refractivity contribution >= 4 is 5.97 Å². The van der Waals surface area contributed by atoms with Gasteiger partial charge in [0, 0.05) is 0 Å². The number of hydrogen-bond acceptors (Lipinski definition) is 12. The zero-order valence-corrected chi connectivity index (χ0v) is 33.1. The van der Waals surface area contributed by atoms with E-state index in [1.807, 2.05) is 0 Å². The molecule has 2 heterocycles. The number of ether oxygens (including phenoxy) is 4. The highest BCUT2D eigenvalue weighted by molar-refractivity contribution is 5.77. The van der Waals surface area contributed by atoms with E-state index in [2.05, 4.69) is 54.5 Å². The molecule has 4 saturated carbocycles. The average molecular weight is 767 g/mol. The summed E-state index contributed by atoms with van der Waals surface area (Å²) in [5.74, 6) is -0.532. The first kappa shape index (κ1) is 40.9. The predicted molar refractivity (Wildman–Crippen MR) is 193 cm³/mol. The van der Waals surface area contributed by atoms with Gasteiger partial charge in [0.2, 0.25) is 0 Å². The van der Waals surface area contributed by atoms with Crippen molar-refractivity contribution in [2.45, 2.75) is 174 Å². The van der Waals surface area contributed by atoms with E-state index in [1.165, 1.54) is 5.57 Å². The molecule has 2 saturated heterocycles. The van der Waals surface area contributed by atoms with Crippen LogP contribution in [0.2, 0.25) is 0 Å². The quantitative estimate of drug-likeness (QED) is 0.144. The zero-order chi connectivity index (χ0) is 39.6. The summed E-state index contributed by atoms with van der Waals surface area (Å²) < 4.78 is 23.8. The van der Waals surface area contributed by atoms with Crippen molar-refractivity contribution in [2.24, 2.45) is 50.2 Å². The molecule has 0 aromatic rings. The van der Waals surface area contributed by atoms with Crippen molar-refractivity contribution in [1.29, 1.82) is 0 Å². The van der Waals surface area contributed by atoms with E-state index in [0.717, 1.165) is 38.5 Å². The number of hydrogen-bond donors (Lipinski definition) is 8. The Balaban J connectivity index is 1.11. The molecule has 13 nitrogen and oxygen atoms in total. The van der Waals surface area contributed by atoms with Crippen molar-refractivity contribution in [3.63, 3.8) is 0 Å². The molecule has 0 spiro atoms. The van der Waals surface area contributed by atoms with Crippen LogP contribution in [0.15, 0.2) is 11.6 Å². The number of carboxylic acid groups (broad SMARTS) is 1. The highest BCUT2D eigenvalue weighted by Crippen LogP contribution is 2.76. The lowest BCUT2D eigenvalue weighted by atomic mass is 9.33. The fraction of sp³-hybridized carbons (Fsp3) is 0.927. The van der Waals surface area contributed by atoms with Crippen LogP contribution in [0.25, 0.3) is 0 Å². The first-order valence-corrected chi connectivity index (χ1v) is 20.3. The molecule has 0 amide bonds. The van der Waals surface area contributed by atoms with Crippen LogP contribution in [0.3, 0.4) is 0 Å². The second-order valence-corrected chi connectivity index (χ2v) is 20.3. The summed E-state index contributed by atoms with van der Waals surface area (Å²) in [5, 5.41) is 85.5. The van der Waals surface area contributed by atoms with Gasteiger partial charge in [-0.05, 0) is 103 Å². The normalized spacial score (nSPS) is 53.9. The lowest BCUT2D eigenvalue weighted by Gasteiger charge is -2.71. The van der Waals surface area contributed by atoms with E-state index in [0.29, 0.717) is 25.2 Å². The molecule has 18 atom stereocenters. The van der Waals surface area contributed by atoms with Crippen LogP contribution in [-0.4, -0.2) is 128 Å². The van der Waals surface area contributed by atoms with Gasteiger partial charge in [0.25, 0.3) is 0 Å². The Morgan fingerprint density at radius 3 is 2.19 bits per heavy atom. The molecule has 7 rings (SSSR count). The second kappa shape index (κ2) is 13.7. The summed E-state index contributed by atoms with van der Waals surface area (Å²) in [6.07, 6.45) is -5.10.